The fourth-order valence-electron chi connectivity index (χ4n) is 8.11. The van der Waals surface area contributed by atoms with Crippen molar-refractivity contribution < 1.29 is 23.8 Å². The van der Waals surface area contributed by atoms with Crippen molar-refractivity contribution in [1.29, 1.82) is 0 Å². The van der Waals surface area contributed by atoms with Gasteiger partial charge in [-0.2, -0.15) is 0 Å². The number of imidazole rings is 1. The second kappa shape index (κ2) is 13.1. The summed E-state index contributed by atoms with van der Waals surface area (Å²) < 4.78 is 22.1. The lowest BCUT2D eigenvalue weighted by atomic mass is 9.83. The Kier molecular flexibility index (Phi) is 8.92. The van der Waals surface area contributed by atoms with E-state index in [4.69, 9.17) is 9.72 Å². The Morgan fingerprint density at radius 3 is 2.57 bits per heavy atom. The SMILES string of the molecule is CC(C)(O)C1CCN(CCOc2cc3c(cn2)nc(NC(=O)c2cccc(F)c2)n3C2CCC(C(=O)N3C[C@H]4C[C@@H]3CN4)CC2)CC1. The molecule has 2 aromatic heterocycles. The number of fused-ring (bicyclic) bond motifs is 3. The molecule has 3 aromatic rings. The normalized spacial score (nSPS) is 25.4. The van der Waals surface area contributed by atoms with Crippen molar-refractivity contribution in [2.75, 3.05) is 44.6 Å². The number of carbonyl (C=O) groups is 2. The maximum Gasteiger partial charge on any atom is 0.258 e. The zero-order chi connectivity index (χ0) is 32.7. The number of carbonyl (C=O) groups excluding carboxylic acids is 2. The third-order valence-corrected chi connectivity index (χ3v) is 10.9. The van der Waals surface area contributed by atoms with Crippen LogP contribution in [0.3, 0.4) is 0 Å². The van der Waals surface area contributed by atoms with Crippen molar-refractivity contribution >= 4 is 28.8 Å². The second-order valence-corrected chi connectivity index (χ2v) is 14.4. The molecule has 0 unspecified atom stereocenters. The molecule has 252 valence electrons. The highest BCUT2D eigenvalue weighted by Crippen LogP contribution is 2.39. The fourth-order valence-corrected chi connectivity index (χ4v) is 8.11. The molecule has 1 aromatic carbocycles. The molecule has 47 heavy (non-hydrogen) atoms. The van der Waals surface area contributed by atoms with E-state index in [1.54, 1.807) is 12.3 Å². The van der Waals surface area contributed by atoms with Gasteiger partial charge in [0.1, 0.15) is 17.9 Å². The molecule has 2 bridgehead atoms. The number of rotatable bonds is 9. The van der Waals surface area contributed by atoms with Crippen LogP contribution < -0.4 is 15.4 Å². The number of halogens is 1. The Morgan fingerprint density at radius 2 is 1.89 bits per heavy atom. The van der Waals surface area contributed by atoms with Gasteiger partial charge in [0.25, 0.3) is 5.91 Å². The number of piperidine rings is 1. The minimum atomic E-state index is -0.652. The number of hydrogen-bond donors (Lipinski definition) is 3. The first kappa shape index (κ1) is 32.0. The molecule has 2 amide bonds. The Labute approximate surface area is 274 Å². The Bertz CT molecular complexity index is 1610. The first-order valence-corrected chi connectivity index (χ1v) is 17.2. The summed E-state index contributed by atoms with van der Waals surface area (Å²) in [4.78, 5) is 40.4. The van der Waals surface area contributed by atoms with Crippen molar-refractivity contribution in [2.24, 2.45) is 11.8 Å². The number of piperazine rings is 1. The summed E-state index contributed by atoms with van der Waals surface area (Å²) in [6.07, 6.45) is 7.70. The van der Waals surface area contributed by atoms with Crippen molar-refractivity contribution in [1.82, 2.24) is 29.7 Å². The van der Waals surface area contributed by atoms with Crippen LogP contribution in [-0.4, -0.2) is 98.3 Å². The highest BCUT2D eigenvalue weighted by molar-refractivity contribution is 6.04. The quantitative estimate of drug-likeness (QED) is 0.319. The predicted octanol–water partition coefficient (Wildman–Crippen LogP) is 3.99. The molecule has 0 radical (unpaired) electrons. The van der Waals surface area contributed by atoms with E-state index >= 15 is 0 Å². The number of aliphatic hydroxyl groups is 1. The number of anilines is 1. The average Bonchev–Trinajstić information content (AvgIpc) is 3.79. The number of likely N-dealkylation sites (tertiary alicyclic amines) is 2. The Hall–Kier alpha value is -3.61. The Morgan fingerprint density at radius 1 is 1.11 bits per heavy atom. The maximum absolute atomic E-state index is 13.9. The summed E-state index contributed by atoms with van der Waals surface area (Å²) in [6.45, 7) is 8.56. The third kappa shape index (κ3) is 6.86. The highest BCUT2D eigenvalue weighted by atomic mass is 19.1. The van der Waals surface area contributed by atoms with Crippen molar-refractivity contribution in [3.8, 4) is 5.88 Å². The van der Waals surface area contributed by atoms with Gasteiger partial charge in [-0.25, -0.2) is 14.4 Å². The van der Waals surface area contributed by atoms with E-state index in [-0.39, 0.29) is 23.4 Å². The van der Waals surface area contributed by atoms with Crippen molar-refractivity contribution in [2.45, 2.75) is 82.5 Å². The van der Waals surface area contributed by atoms with Gasteiger partial charge in [-0.05, 0) is 96.0 Å². The molecule has 5 heterocycles. The molecular formula is C35H46FN7O4. The van der Waals surface area contributed by atoms with E-state index < -0.39 is 17.3 Å². The second-order valence-electron chi connectivity index (χ2n) is 14.4. The first-order valence-electron chi connectivity index (χ1n) is 17.2. The molecule has 3 N–H and O–H groups in total. The summed E-state index contributed by atoms with van der Waals surface area (Å²) in [6, 6.07) is 8.24. The standard InChI is InChI=1S/C35H46FN7O4/c1-35(2,46)24-10-12-41(13-11-24)14-15-47-31-18-30-29(20-38-31)39-34(40-32(44)23-4-3-5-25(36)16-23)43(30)27-8-6-22(7-9-27)33(45)42-21-26-17-28(42)19-37-26/h3-5,16,18,20,22,24,26-28,37,46H,6-15,17,19,21H2,1-2H3,(H,39,40,44)/t22?,26-,27?,28-/m1/s1. The van der Waals surface area contributed by atoms with Gasteiger partial charge in [-0.3, -0.25) is 19.8 Å². The van der Waals surface area contributed by atoms with Crippen molar-refractivity contribution in [3.05, 3.63) is 47.9 Å². The van der Waals surface area contributed by atoms with E-state index in [2.05, 4.69) is 25.4 Å². The summed E-state index contributed by atoms with van der Waals surface area (Å²) in [7, 11) is 0. The molecule has 2 atom stereocenters. The van der Waals surface area contributed by atoms with Gasteiger partial charge >= 0.3 is 0 Å². The number of pyridine rings is 1. The molecule has 3 saturated heterocycles. The largest absolute Gasteiger partial charge is 0.476 e. The minimum Gasteiger partial charge on any atom is -0.476 e. The average molecular weight is 648 g/mol. The zero-order valence-corrected chi connectivity index (χ0v) is 27.3. The van der Waals surface area contributed by atoms with Gasteiger partial charge in [-0.1, -0.05) is 6.07 Å². The van der Waals surface area contributed by atoms with Gasteiger partial charge in [0, 0.05) is 55.3 Å². The van der Waals surface area contributed by atoms with Crippen LogP contribution >= 0.6 is 0 Å². The summed E-state index contributed by atoms with van der Waals surface area (Å²) in [5.74, 6) is 0.510. The molecule has 4 fully saturated rings. The molecule has 11 nitrogen and oxygen atoms in total. The van der Waals surface area contributed by atoms with Crippen LogP contribution in [0.4, 0.5) is 10.3 Å². The lowest BCUT2D eigenvalue weighted by Crippen LogP contribution is -2.49. The molecule has 1 aliphatic carbocycles. The highest BCUT2D eigenvalue weighted by Gasteiger charge is 2.43. The number of amides is 2. The fraction of sp³-hybridized carbons (Fsp3) is 0.600. The number of benzene rings is 1. The summed E-state index contributed by atoms with van der Waals surface area (Å²) in [5.41, 5.74) is 0.981. The molecular weight excluding hydrogens is 601 g/mol. The molecule has 12 heteroatoms. The van der Waals surface area contributed by atoms with Crippen LogP contribution in [0.1, 0.15) is 75.2 Å². The van der Waals surface area contributed by atoms with Gasteiger partial charge in [0.2, 0.25) is 17.7 Å². The van der Waals surface area contributed by atoms with E-state index in [9.17, 15) is 19.1 Å². The number of ether oxygens (including phenoxy) is 1. The van der Waals surface area contributed by atoms with Crippen LogP contribution in [0.2, 0.25) is 0 Å². The summed E-state index contributed by atoms with van der Waals surface area (Å²) >= 11 is 0. The van der Waals surface area contributed by atoms with E-state index in [1.165, 1.54) is 18.2 Å². The van der Waals surface area contributed by atoms with E-state index in [0.29, 0.717) is 42.0 Å². The van der Waals surface area contributed by atoms with Crippen LogP contribution in [0, 0.1) is 17.7 Å². The number of aromatic nitrogens is 3. The van der Waals surface area contributed by atoms with E-state index in [1.807, 2.05) is 24.5 Å². The van der Waals surface area contributed by atoms with Gasteiger partial charge in [0.15, 0.2) is 0 Å². The number of nitrogens with zero attached hydrogens (tertiary/aromatic N) is 5. The Balaban J connectivity index is 1.06. The number of nitrogens with one attached hydrogen (secondary N) is 2. The number of hydrogen-bond acceptors (Lipinski definition) is 8. The van der Waals surface area contributed by atoms with Crippen LogP contribution in [-0.2, 0) is 4.79 Å². The van der Waals surface area contributed by atoms with Crippen LogP contribution in [0.15, 0.2) is 36.5 Å². The molecule has 4 aliphatic rings. The van der Waals surface area contributed by atoms with Gasteiger partial charge in [-0.15, -0.1) is 0 Å². The predicted molar refractivity (Wildman–Crippen MR) is 176 cm³/mol. The minimum absolute atomic E-state index is 0.000187. The van der Waals surface area contributed by atoms with E-state index in [0.717, 1.165) is 83.2 Å². The van der Waals surface area contributed by atoms with Crippen molar-refractivity contribution in [3.63, 3.8) is 0 Å². The van der Waals surface area contributed by atoms with Gasteiger partial charge < -0.3 is 24.6 Å². The molecule has 3 aliphatic heterocycles. The zero-order valence-electron chi connectivity index (χ0n) is 27.3. The van der Waals surface area contributed by atoms with Gasteiger partial charge in [0.05, 0.1) is 17.3 Å². The monoisotopic (exact) mass is 647 g/mol. The van der Waals surface area contributed by atoms with Crippen LogP contribution in [0.25, 0.3) is 11.0 Å². The first-order chi connectivity index (χ1) is 22.6. The van der Waals surface area contributed by atoms with Crippen LogP contribution in [0.5, 0.6) is 5.88 Å². The topological polar surface area (TPSA) is 125 Å². The lowest BCUT2D eigenvalue weighted by molar-refractivity contribution is -0.138. The lowest BCUT2D eigenvalue weighted by Gasteiger charge is -2.37. The molecule has 1 saturated carbocycles. The third-order valence-electron chi connectivity index (χ3n) is 10.9. The molecule has 7 rings (SSSR count). The maximum atomic E-state index is 13.9. The smallest absolute Gasteiger partial charge is 0.258 e. The summed E-state index contributed by atoms with van der Waals surface area (Å²) in [5, 5.41) is 16.8. The molecule has 0 spiro atoms.